The summed E-state index contributed by atoms with van der Waals surface area (Å²) in [4.78, 5) is 78.9. The molecule has 6 aromatic rings. The number of aromatic carboxylic acids is 3. The molecule has 6 aliphatic heterocycles. The van der Waals surface area contributed by atoms with Gasteiger partial charge in [-0.05, 0) is 201 Å². The first kappa shape index (κ1) is 65.0. The molecule has 480 valence electrons. The molecule has 5 N–H and O–H groups in total. The minimum Gasteiger partial charge on any atom is -0.477 e. The fourth-order valence-electron chi connectivity index (χ4n) is 14.8. The van der Waals surface area contributed by atoms with Gasteiger partial charge in [-0.3, -0.25) is 14.4 Å². The average molecular weight is 1360 g/mol. The Morgan fingerprint density at radius 3 is 1.00 bits per heavy atom. The second-order valence-corrected chi connectivity index (χ2v) is 30.2. The summed E-state index contributed by atoms with van der Waals surface area (Å²) in [5.41, 5.74) is 7.49. The van der Waals surface area contributed by atoms with Crippen LogP contribution in [0.5, 0.6) is 0 Å². The van der Waals surface area contributed by atoms with E-state index in [0.717, 1.165) is 173 Å². The van der Waals surface area contributed by atoms with Crippen LogP contribution in [0.1, 0.15) is 160 Å². The summed E-state index contributed by atoms with van der Waals surface area (Å²) in [7, 11) is -1.58. The highest BCUT2D eigenvalue weighted by Gasteiger charge is 2.58. The highest BCUT2D eigenvalue weighted by molar-refractivity contribution is 9.10. The van der Waals surface area contributed by atoms with Gasteiger partial charge in [0.05, 0.1) is 0 Å². The zero-order chi connectivity index (χ0) is 63.6. The average Bonchev–Trinajstić information content (AvgIpc) is 1.60. The van der Waals surface area contributed by atoms with E-state index in [1.54, 1.807) is 12.1 Å². The van der Waals surface area contributed by atoms with E-state index >= 15 is 0 Å². The van der Waals surface area contributed by atoms with Crippen molar-refractivity contribution in [3.63, 3.8) is 0 Å². The Morgan fingerprint density at radius 2 is 0.736 bits per heavy atom. The van der Waals surface area contributed by atoms with Crippen molar-refractivity contribution in [3.05, 3.63) is 145 Å². The van der Waals surface area contributed by atoms with Gasteiger partial charge >= 0.3 is 25.0 Å². The second-order valence-electron chi connectivity index (χ2n) is 26.0. The summed E-state index contributed by atoms with van der Waals surface area (Å²) >= 11 is 6.98. The van der Waals surface area contributed by atoms with E-state index in [4.69, 9.17) is 39.6 Å². The molecule has 3 spiro atoms. The molecule has 9 heterocycles. The number of carboxylic acid groups (broad SMARTS) is 3. The fraction of sp³-hybridized carbons (Fsp3) is 0.478. The molecule has 3 saturated carbocycles. The van der Waals surface area contributed by atoms with Crippen molar-refractivity contribution in [1.82, 2.24) is 14.7 Å². The molecule has 0 bridgehead atoms. The molecule has 0 radical (unpaired) electrons. The van der Waals surface area contributed by atoms with Gasteiger partial charge in [0.15, 0.2) is 0 Å². The number of ether oxygens (including phenoxy) is 3. The monoisotopic (exact) mass is 1360 g/mol. The molecule has 3 aliphatic carbocycles. The van der Waals surface area contributed by atoms with Crippen molar-refractivity contribution < 1.29 is 68.3 Å². The van der Waals surface area contributed by atoms with Crippen LogP contribution < -0.4 is 4.78 Å². The highest BCUT2D eigenvalue weighted by atomic mass is 79.9. The molecular formula is C69H77BBrN3O14S3. The Morgan fingerprint density at radius 1 is 0.429 bits per heavy atom. The molecule has 6 saturated heterocycles. The summed E-state index contributed by atoms with van der Waals surface area (Å²) in [6.45, 7) is 7.39. The van der Waals surface area contributed by atoms with Crippen molar-refractivity contribution in [1.29, 1.82) is 0 Å². The van der Waals surface area contributed by atoms with E-state index in [1.165, 1.54) is 70.8 Å². The van der Waals surface area contributed by atoms with E-state index in [2.05, 4.69) is 88.7 Å². The minimum absolute atomic E-state index is 0.105. The maximum atomic E-state index is 12.6. The maximum Gasteiger partial charge on any atom is 0.499 e. The predicted octanol–water partition coefficient (Wildman–Crippen LogP) is 11.6. The topological polar surface area (TPSA) is 241 Å². The molecule has 22 heteroatoms. The number of amides is 3. The maximum absolute atomic E-state index is 12.6. The summed E-state index contributed by atoms with van der Waals surface area (Å²) in [6, 6.07) is 35.7. The van der Waals surface area contributed by atoms with Gasteiger partial charge in [-0.25, -0.2) is 14.4 Å². The van der Waals surface area contributed by atoms with Crippen LogP contribution in [0.25, 0.3) is 20.9 Å². The number of hydrogen-bond acceptors (Lipinski definition) is 14. The number of carboxylic acids is 3. The van der Waals surface area contributed by atoms with Gasteiger partial charge in [-0.15, -0.1) is 34.0 Å². The van der Waals surface area contributed by atoms with E-state index in [-0.39, 0.29) is 45.7 Å². The van der Waals surface area contributed by atoms with E-state index in [0.29, 0.717) is 43.8 Å². The number of carbonyl (C=O) groups excluding carboxylic acids is 3. The molecule has 9 aliphatic rings. The first-order chi connectivity index (χ1) is 43.9. The molecule has 91 heavy (non-hydrogen) atoms. The molecular weight excluding hydrogens is 1280 g/mol. The third kappa shape index (κ3) is 14.8. The Hall–Kier alpha value is -6.08. The van der Waals surface area contributed by atoms with Crippen LogP contribution in [-0.4, -0.2) is 160 Å². The quantitative estimate of drug-likeness (QED) is 0.0716. The summed E-state index contributed by atoms with van der Waals surface area (Å²) < 4.78 is 18.1. The number of hydrogen-bond donors (Lipinski definition) is 5. The van der Waals surface area contributed by atoms with Gasteiger partial charge in [-0.1, -0.05) is 82.7 Å². The standard InChI is InChI=1S/2C23H25NO4S.C18H22BrNO2.C5H5BO4S/c2*25-21(18-2-1-13-28-18)24-11-9-23(10-12-24)14-17(23)15-3-5-16(6-4-15)19-7-8-20(29-19)22(26)27;19-14-5-3-13(4-6-14)15-12-18(15)7-9-20(10-8-18)17(21)16-2-1-11-22-16;7-5(8)3-1-2-4(11-3)6(9)10/h2*3-8,17-18H,1-2,9-14H2,(H,26,27);3-6,15-16H,1-2,7-12H2;1-2,9-10H,(H,7,8)/t17-,18+;17-,18-;15?,16-;/m011./s1. The lowest BCUT2D eigenvalue weighted by Crippen LogP contribution is -2.44. The fourth-order valence-corrected chi connectivity index (χ4v) is 17.5. The Balaban J connectivity index is 0.000000123. The summed E-state index contributed by atoms with van der Waals surface area (Å²) in [6.07, 6.45) is 15.4. The minimum atomic E-state index is -1.58. The van der Waals surface area contributed by atoms with Crippen molar-refractivity contribution in [3.8, 4) is 20.9 Å². The number of likely N-dealkylation sites (tertiary alicyclic amines) is 3. The van der Waals surface area contributed by atoms with Gasteiger partial charge in [-0.2, -0.15) is 0 Å². The van der Waals surface area contributed by atoms with Crippen molar-refractivity contribution in [2.45, 2.75) is 132 Å². The van der Waals surface area contributed by atoms with Crippen molar-refractivity contribution >= 4 is 97.5 Å². The van der Waals surface area contributed by atoms with Gasteiger partial charge in [0.1, 0.15) is 32.9 Å². The van der Waals surface area contributed by atoms with Crippen LogP contribution in [0.15, 0.2) is 114 Å². The van der Waals surface area contributed by atoms with Crippen molar-refractivity contribution in [2.75, 3.05) is 59.1 Å². The molecule has 17 nitrogen and oxygen atoms in total. The predicted molar refractivity (Wildman–Crippen MR) is 352 cm³/mol. The number of rotatable bonds is 12. The molecule has 6 atom stereocenters. The Kier molecular flexibility index (Phi) is 19.9. The lowest BCUT2D eigenvalue weighted by Gasteiger charge is -2.34. The first-order valence-corrected chi connectivity index (χ1v) is 35.2. The van der Waals surface area contributed by atoms with E-state index in [9.17, 15) is 28.8 Å². The van der Waals surface area contributed by atoms with Crippen molar-refractivity contribution in [2.24, 2.45) is 16.2 Å². The van der Waals surface area contributed by atoms with Crippen LogP contribution in [0.2, 0.25) is 0 Å². The van der Waals surface area contributed by atoms with Crippen LogP contribution in [0.3, 0.4) is 0 Å². The normalized spacial score (nSPS) is 24.5. The highest BCUT2D eigenvalue weighted by Crippen LogP contribution is 2.67. The Bertz CT molecular complexity index is 3410. The Labute approximate surface area is 550 Å². The lowest BCUT2D eigenvalue weighted by atomic mass is 9.88. The zero-order valence-corrected chi connectivity index (χ0v) is 54.8. The summed E-state index contributed by atoms with van der Waals surface area (Å²) in [5.74, 6) is -0.338. The molecule has 15 rings (SSSR count). The zero-order valence-electron chi connectivity index (χ0n) is 50.8. The number of carbonyl (C=O) groups is 6. The van der Waals surface area contributed by atoms with E-state index < -0.39 is 25.0 Å². The molecule has 3 amide bonds. The number of thiophene rings is 3. The second kappa shape index (κ2) is 27.9. The largest absolute Gasteiger partial charge is 0.499 e. The molecule has 1 unspecified atom stereocenters. The lowest BCUT2D eigenvalue weighted by molar-refractivity contribution is -0.143. The molecule has 3 aromatic carbocycles. The third-order valence-electron chi connectivity index (χ3n) is 20.6. The van der Waals surface area contributed by atoms with Gasteiger partial charge in [0.2, 0.25) is 0 Å². The molecule has 9 fully saturated rings. The SMILES string of the molecule is O=C(O)c1ccc(-c2ccc([C@@H]3CC34CCN(C(=O)[C@H]3CCCO3)CC4)cc2)s1.O=C(O)c1ccc(-c2ccc([C@H]3CC34CCN(C(=O)[C@H]3CCCO3)CC4)cc2)s1.O=C(O)c1ccc(B(O)O)s1.O=C([C@H]1CCCO1)N1CCC2(CC1)CC2c1ccc(Br)cc1. The van der Waals surface area contributed by atoms with E-state index in [1.807, 2.05) is 26.8 Å². The smallest absolute Gasteiger partial charge is 0.477 e. The first-order valence-electron chi connectivity index (χ1n) is 31.9. The third-order valence-corrected chi connectivity index (χ3v) is 24.5. The van der Waals surface area contributed by atoms with Gasteiger partial charge in [0.25, 0.3) is 17.7 Å². The number of halogens is 1. The van der Waals surface area contributed by atoms with Crippen LogP contribution in [0, 0.1) is 16.2 Å². The number of nitrogens with zero attached hydrogens (tertiary/aromatic N) is 3. The van der Waals surface area contributed by atoms with Gasteiger partial charge in [0, 0.05) is 78.1 Å². The van der Waals surface area contributed by atoms with Crippen LogP contribution in [-0.2, 0) is 28.6 Å². The molecule has 3 aromatic heterocycles. The van der Waals surface area contributed by atoms with Crippen LogP contribution >= 0.6 is 49.9 Å². The van der Waals surface area contributed by atoms with Crippen LogP contribution in [0.4, 0.5) is 0 Å². The summed E-state index contributed by atoms with van der Waals surface area (Å²) in [5, 5.41) is 43.8. The van der Waals surface area contributed by atoms with Gasteiger partial charge < -0.3 is 54.3 Å². The number of piperidine rings is 3. The number of benzene rings is 3.